The number of carboxylic acids is 2. The van der Waals surface area contributed by atoms with Gasteiger partial charge in [-0.2, -0.15) is 0 Å². The molecule has 0 saturated heterocycles. The summed E-state index contributed by atoms with van der Waals surface area (Å²) in [5, 5.41) is 20.2. The van der Waals surface area contributed by atoms with Gasteiger partial charge in [0.2, 0.25) is 0 Å². The molecule has 2 N–H and O–H groups in total. The van der Waals surface area contributed by atoms with Gasteiger partial charge in [-0.05, 0) is 60.4 Å². The summed E-state index contributed by atoms with van der Waals surface area (Å²) in [5.74, 6) is -3.66. The summed E-state index contributed by atoms with van der Waals surface area (Å²) in [7, 11) is -6.70. The molecule has 40 heavy (non-hydrogen) atoms. The molecule has 12 heteroatoms. The third-order valence-electron chi connectivity index (χ3n) is 7.62. The number of rotatable bonds is 14. The smallest absolute Gasteiger partial charge is 0.332 e. The normalized spacial score (nSPS) is 15.7. The molecular weight excluding hydrogens is 683 g/mol. The van der Waals surface area contributed by atoms with Crippen molar-refractivity contribution in [2.45, 2.75) is 72.1 Å². The second-order valence-corrected chi connectivity index (χ2v) is 20.4. The van der Waals surface area contributed by atoms with E-state index < -0.39 is 51.5 Å². The molecule has 2 rings (SSSR count). The van der Waals surface area contributed by atoms with Crippen LogP contribution in [0.4, 0.5) is 0 Å². The van der Waals surface area contributed by atoms with Crippen LogP contribution >= 0.6 is 39.5 Å². The number of hydrogen-bond acceptors (Lipinski definition) is 6. The molecule has 0 aliphatic rings. The van der Waals surface area contributed by atoms with Gasteiger partial charge in [-0.3, -0.25) is 9.36 Å². The maximum absolute atomic E-state index is 14.2. The summed E-state index contributed by atoms with van der Waals surface area (Å²) in [6.45, 7) is 12.4. The standard InChI is InChI=1S/C28H39Br2O8PSi/c1-19(24(25(31)32)38-40(6,7)27(2,3)4)28(5,26(33)34)18-39(35,36-16-20-8-12-22(29)13-9-20)37-17-21-10-14-23(30)15-11-21/h8-15,19,24H,16-18H2,1-7H3,(H,31,32)(H,33,34)/t19?,24-,28+/m0/s1. The second kappa shape index (κ2) is 13.8. The second-order valence-electron chi connectivity index (χ2n) is 11.7. The molecule has 0 aliphatic heterocycles. The van der Waals surface area contributed by atoms with Gasteiger partial charge >= 0.3 is 19.5 Å². The Labute approximate surface area is 254 Å². The van der Waals surface area contributed by atoms with Crippen LogP contribution in [0.25, 0.3) is 0 Å². The van der Waals surface area contributed by atoms with Gasteiger partial charge in [0.25, 0.3) is 0 Å². The highest BCUT2D eigenvalue weighted by Crippen LogP contribution is 2.56. The van der Waals surface area contributed by atoms with Crippen LogP contribution in [0.3, 0.4) is 0 Å². The van der Waals surface area contributed by atoms with Crippen molar-refractivity contribution in [3.8, 4) is 0 Å². The highest BCUT2D eigenvalue weighted by molar-refractivity contribution is 9.10. The van der Waals surface area contributed by atoms with Crippen molar-refractivity contribution < 1.29 is 37.8 Å². The average Bonchev–Trinajstić information content (AvgIpc) is 2.85. The number of halogens is 2. The first kappa shape index (κ1) is 34.9. The van der Waals surface area contributed by atoms with E-state index >= 15 is 0 Å². The Kier molecular flexibility index (Phi) is 12.0. The predicted molar refractivity (Wildman–Crippen MR) is 165 cm³/mol. The lowest BCUT2D eigenvalue weighted by Gasteiger charge is -2.43. The fourth-order valence-electron chi connectivity index (χ4n) is 3.64. The van der Waals surface area contributed by atoms with Crippen LogP contribution in [0, 0.1) is 11.3 Å². The predicted octanol–water partition coefficient (Wildman–Crippen LogP) is 8.34. The third-order valence-corrected chi connectivity index (χ3v) is 15.2. The third kappa shape index (κ3) is 9.34. The molecule has 0 bridgehead atoms. The van der Waals surface area contributed by atoms with E-state index in [9.17, 15) is 24.4 Å². The highest BCUT2D eigenvalue weighted by atomic mass is 79.9. The Bertz CT molecular complexity index is 1160. The molecule has 1 unspecified atom stereocenters. The van der Waals surface area contributed by atoms with Crippen LogP contribution in [-0.2, 0) is 40.8 Å². The first-order valence-electron chi connectivity index (χ1n) is 12.8. The van der Waals surface area contributed by atoms with E-state index in [4.69, 9.17) is 13.5 Å². The summed E-state index contributed by atoms with van der Waals surface area (Å²) in [6.07, 6.45) is -1.98. The number of carbonyl (C=O) groups is 2. The quantitative estimate of drug-likeness (QED) is 0.148. The van der Waals surface area contributed by atoms with Crippen molar-refractivity contribution in [2.75, 3.05) is 6.16 Å². The van der Waals surface area contributed by atoms with Crippen LogP contribution in [0.2, 0.25) is 18.1 Å². The van der Waals surface area contributed by atoms with E-state index in [0.29, 0.717) is 11.1 Å². The van der Waals surface area contributed by atoms with Gasteiger partial charge in [0.15, 0.2) is 8.32 Å². The van der Waals surface area contributed by atoms with Gasteiger partial charge in [0.1, 0.15) is 6.10 Å². The molecular formula is C28H39Br2O8PSi. The van der Waals surface area contributed by atoms with E-state index in [1.807, 2.05) is 58.1 Å². The molecule has 2 aromatic carbocycles. The van der Waals surface area contributed by atoms with Gasteiger partial charge in [-0.25, -0.2) is 4.79 Å². The van der Waals surface area contributed by atoms with E-state index in [2.05, 4.69) is 31.9 Å². The van der Waals surface area contributed by atoms with E-state index in [1.165, 1.54) is 13.8 Å². The minimum atomic E-state index is -4.10. The fraction of sp³-hybridized carbons (Fsp3) is 0.500. The molecule has 222 valence electrons. The molecule has 0 aliphatic carbocycles. The molecule has 0 aromatic heterocycles. The Morgan fingerprint density at radius 2 is 1.27 bits per heavy atom. The van der Waals surface area contributed by atoms with Gasteiger partial charge < -0.3 is 23.7 Å². The zero-order valence-corrected chi connectivity index (χ0v) is 29.0. The van der Waals surface area contributed by atoms with Crippen molar-refractivity contribution in [3.63, 3.8) is 0 Å². The van der Waals surface area contributed by atoms with Gasteiger partial charge in [0.05, 0.1) is 24.8 Å². The maximum Gasteiger partial charge on any atom is 0.332 e. The molecule has 3 atom stereocenters. The summed E-state index contributed by atoms with van der Waals surface area (Å²) in [4.78, 5) is 25.2. The van der Waals surface area contributed by atoms with Crippen molar-refractivity contribution in [3.05, 3.63) is 68.6 Å². The first-order valence-corrected chi connectivity index (χ1v) is 19.0. The molecule has 0 heterocycles. The van der Waals surface area contributed by atoms with E-state index in [-0.39, 0.29) is 18.3 Å². The molecule has 8 nitrogen and oxygen atoms in total. The average molecular weight is 722 g/mol. The Morgan fingerprint density at radius 1 is 0.875 bits per heavy atom. The van der Waals surface area contributed by atoms with Crippen molar-refractivity contribution in [2.24, 2.45) is 11.3 Å². The zero-order chi connectivity index (χ0) is 30.5. The zero-order valence-electron chi connectivity index (χ0n) is 23.9. The lowest BCUT2D eigenvalue weighted by molar-refractivity contribution is -0.159. The Hall–Kier alpha value is -1.33. The lowest BCUT2D eigenvalue weighted by Crippen LogP contribution is -2.53. The number of carboxylic acid groups (broad SMARTS) is 2. The molecule has 0 fully saturated rings. The van der Waals surface area contributed by atoms with Crippen LogP contribution in [-0.4, -0.2) is 42.7 Å². The first-order chi connectivity index (χ1) is 18.3. The van der Waals surface area contributed by atoms with Gasteiger partial charge in [-0.15, -0.1) is 0 Å². The number of benzene rings is 2. The summed E-state index contributed by atoms with van der Waals surface area (Å²) in [6, 6.07) is 14.4. The molecule has 0 radical (unpaired) electrons. The highest BCUT2D eigenvalue weighted by Gasteiger charge is 2.53. The molecule has 2 aromatic rings. The monoisotopic (exact) mass is 720 g/mol. The fourth-order valence-corrected chi connectivity index (χ4v) is 7.64. The lowest BCUT2D eigenvalue weighted by atomic mass is 9.76. The topological polar surface area (TPSA) is 119 Å². The van der Waals surface area contributed by atoms with Crippen molar-refractivity contribution >= 4 is 59.7 Å². The van der Waals surface area contributed by atoms with Crippen LogP contribution in [0.15, 0.2) is 57.5 Å². The SMILES string of the molecule is CC([C@H](O[Si](C)(C)C(C)(C)C)C(=O)O)[C@@](C)(CP(=O)(OCc1ccc(Br)cc1)OCc1ccc(Br)cc1)C(=O)O. The van der Waals surface area contributed by atoms with Crippen LogP contribution in [0.1, 0.15) is 45.7 Å². The maximum atomic E-state index is 14.2. The van der Waals surface area contributed by atoms with Crippen molar-refractivity contribution in [1.82, 2.24) is 0 Å². The summed E-state index contributed by atoms with van der Waals surface area (Å²) >= 11 is 6.75. The number of hydrogen-bond donors (Lipinski definition) is 2. The van der Waals surface area contributed by atoms with E-state index in [1.54, 1.807) is 24.3 Å². The van der Waals surface area contributed by atoms with Gasteiger partial charge in [-0.1, -0.05) is 83.8 Å². The van der Waals surface area contributed by atoms with Gasteiger partial charge in [0, 0.05) is 14.9 Å². The van der Waals surface area contributed by atoms with Crippen LogP contribution < -0.4 is 0 Å². The Balaban J connectivity index is 2.44. The summed E-state index contributed by atoms with van der Waals surface area (Å²) in [5.41, 5.74) is -0.392. The largest absolute Gasteiger partial charge is 0.481 e. The molecule has 0 spiro atoms. The van der Waals surface area contributed by atoms with E-state index in [0.717, 1.165) is 8.95 Å². The number of aliphatic carboxylic acids is 2. The molecule has 0 saturated carbocycles. The Morgan fingerprint density at radius 3 is 1.60 bits per heavy atom. The van der Waals surface area contributed by atoms with Crippen molar-refractivity contribution in [1.29, 1.82) is 0 Å². The minimum absolute atomic E-state index is 0.0855. The molecule has 0 amide bonds. The van der Waals surface area contributed by atoms with Crippen LogP contribution in [0.5, 0.6) is 0 Å². The summed E-state index contributed by atoms with van der Waals surface area (Å²) < 4.78 is 33.9. The minimum Gasteiger partial charge on any atom is -0.481 e.